The van der Waals surface area contributed by atoms with E-state index in [1.165, 1.54) is 38.8 Å². The number of nitrogens with zero attached hydrogens (tertiary/aromatic N) is 1. The first-order valence-electron chi connectivity index (χ1n) is 9.00. The summed E-state index contributed by atoms with van der Waals surface area (Å²) in [6, 6.07) is 0.587. The number of morpholine rings is 1. The van der Waals surface area contributed by atoms with Crippen LogP contribution in [-0.4, -0.2) is 49.3 Å². The molecule has 1 heterocycles. The van der Waals surface area contributed by atoms with Gasteiger partial charge in [0.05, 0.1) is 12.2 Å². The molecule has 0 spiro atoms. The van der Waals surface area contributed by atoms with E-state index >= 15 is 0 Å². The van der Waals surface area contributed by atoms with Crippen LogP contribution < -0.4 is 5.32 Å². The van der Waals surface area contributed by atoms with Crippen molar-refractivity contribution in [3.63, 3.8) is 0 Å². The van der Waals surface area contributed by atoms with Crippen molar-refractivity contribution in [3.8, 4) is 0 Å². The van der Waals surface area contributed by atoms with Gasteiger partial charge in [-0.25, -0.2) is 0 Å². The molecule has 0 aromatic carbocycles. The number of ether oxygens (including phenoxy) is 1. The Balaban J connectivity index is 1.97. The average molecular weight is 296 g/mol. The lowest BCUT2D eigenvalue weighted by atomic mass is 9.70. The summed E-state index contributed by atoms with van der Waals surface area (Å²) in [6.45, 7) is 16.0. The van der Waals surface area contributed by atoms with Crippen LogP contribution in [-0.2, 0) is 4.74 Å². The fraction of sp³-hybridized carbons (Fsp3) is 1.00. The van der Waals surface area contributed by atoms with Gasteiger partial charge in [0.1, 0.15) is 0 Å². The molecule has 0 aromatic rings. The van der Waals surface area contributed by atoms with E-state index in [0.717, 1.165) is 19.0 Å². The molecule has 0 radical (unpaired) electrons. The van der Waals surface area contributed by atoms with Gasteiger partial charge >= 0.3 is 0 Å². The Kier molecular flexibility index (Phi) is 6.10. The number of hydrogen-bond donors (Lipinski definition) is 1. The summed E-state index contributed by atoms with van der Waals surface area (Å²) in [7, 11) is 0. The van der Waals surface area contributed by atoms with Crippen molar-refractivity contribution in [2.45, 2.75) is 78.6 Å². The quantitative estimate of drug-likeness (QED) is 0.842. The van der Waals surface area contributed by atoms with E-state index in [9.17, 15) is 0 Å². The van der Waals surface area contributed by atoms with E-state index in [0.29, 0.717) is 23.7 Å². The maximum atomic E-state index is 5.90. The lowest BCUT2D eigenvalue weighted by Gasteiger charge is -2.46. The molecule has 1 aliphatic carbocycles. The third-order valence-corrected chi connectivity index (χ3v) is 5.27. The minimum atomic E-state index is 0.381. The first-order valence-corrected chi connectivity index (χ1v) is 9.00. The van der Waals surface area contributed by atoms with Gasteiger partial charge in [0, 0.05) is 32.2 Å². The molecule has 2 aliphatic rings. The van der Waals surface area contributed by atoms with Crippen molar-refractivity contribution in [3.05, 3.63) is 0 Å². The second-order valence-corrected chi connectivity index (χ2v) is 8.17. The Morgan fingerprint density at radius 2 is 1.67 bits per heavy atom. The van der Waals surface area contributed by atoms with Gasteiger partial charge in [0.15, 0.2) is 0 Å². The predicted octanol–water partition coefficient (Wildman–Crippen LogP) is 3.29. The van der Waals surface area contributed by atoms with Crippen LogP contribution in [0.2, 0.25) is 0 Å². The van der Waals surface area contributed by atoms with Crippen LogP contribution in [0.1, 0.15) is 60.3 Å². The van der Waals surface area contributed by atoms with Crippen LogP contribution in [0.15, 0.2) is 0 Å². The average Bonchev–Trinajstić information content (AvgIpc) is 2.39. The SMILES string of the molecule is CC1CCC(CNC(C)C)(CN2C[C@@H](C)O[C@@H](C)C2)CC1. The molecular weight excluding hydrogens is 260 g/mol. The number of hydrogen-bond acceptors (Lipinski definition) is 3. The molecule has 2 fully saturated rings. The fourth-order valence-corrected chi connectivity index (χ4v) is 4.07. The minimum Gasteiger partial charge on any atom is -0.373 e. The smallest absolute Gasteiger partial charge is 0.0678 e. The summed E-state index contributed by atoms with van der Waals surface area (Å²) in [5, 5.41) is 3.72. The van der Waals surface area contributed by atoms with Crippen molar-refractivity contribution in [2.75, 3.05) is 26.2 Å². The van der Waals surface area contributed by atoms with Gasteiger partial charge in [0.2, 0.25) is 0 Å². The number of rotatable bonds is 5. The third-order valence-electron chi connectivity index (χ3n) is 5.27. The topological polar surface area (TPSA) is 24.5 Å². The van der Waals surface area contributed by atoms with Gasteiger partial charge in [0.25, 0.3) is 0 Å². The normalized spacial score (nSPS) is 38.9. The largest absolute Gasteiger partial charge is 0.373 e. The summed E-state index contributed by atoms with van der Waals surface area (Å²) in [4.78, 5) is 2.66. The zero-order valence-corrected chi connectivity index (χ0v) is 14.8. The molecule has 3 nitrogen and oxygen atoms in total. The monoisotopic (exact) mass is 296 g/mol. The highest BCUT2D eigenvalue weighted by Gasteiger charge is 2.37. The van der Waals surface area contributed by atoms with E-state index in [4.69, 9.17) is 4.74 Å². The summed E-state index contributed by atoms with van der Waals surface area (Å²) in [5.74, 6) is 0.916. The van der Waals surface area contributed by atoms with E-state index in [1.54, 1.807) is 0 Å². The number of nitrogens with one attached hydrogen (secondary N) is 1. The molecule has 1 saturated carbocycles. The zero-order chi connectivity index (χ0) is 15.5. The van der Waals surface area contributed by atoms with Crippen molar-refractivity contribution in [1.29, 1.82) is 0 Å². The first kappa shape index (κ1) is 17.2. The van der Waals surface area contributed by atoms with Gasteiger partial charge in [-0.3, -0.25) is 4.90 Å². The zero-order valence-electron chi connectivity index (χ0n) is 14.8. The van der Waals surface area contributed by atoms with Crippen LogP contribution in [0.4, 0.5) is 0 Å². The molecule has 1 aliphatic heterocycles. The molecule has 0 amide bonds. The molecule has 0 unspecified atom stereocenters. The fourth-order valence-electron chi connectivity index (χ4n) is 4.07. The van der Waals surface area contributed by atoms with Crippen LogP contribution in [0.5, 0.6) is 0 Å². The maximum Gasteiger partial charge on any atom is 0.0678 e. The Bertz CT molecular complexity index is 300. The van der Waals surface area contributed by atoms with E-state index < -0.39 is 0 Å². The van der Waals surface area contributed by atoms with Gasteiger partial charge in [-0.1, -0.05) is 33.6 Å². The van der Waals surface area contributed by atoms with Crippen LogP contribution in [0.25, 0.3) is 0 Å². The molecule has 1 N–H and O–H groups in total. The molecule has 0 aromatic heterocycles. The molecular formula is C18H36N2O. The van der Waals surface area contributed by atoms with Crippen LogP contribution >= 0.6 is 0 Å². The van der Waals surface area contributed by atoms with Crippen LogP contribution in [0, 0.1) is 11.3 Å². The van der Waals surface area contributed by atoms with Crippen molar-refractivity contribution < 1.29 is 4.74 Å². The summed E-state index contributed by atoms with van der Waals surface area (Å²) in [6.07, 6.45) is 6.32. The van der Waals surface area contributed by atoms with Gasteiger partial charge in [-0.2, -0.15) is 0 Å². The molecule has 1 saturated heterocycles. The summed E-state index contributed by atoms with van der Waals surface area (Å²) < 4.78 is 5.90. The molecule has 124 valence electrons. The van der Waals surface area contributed by atoms with E-state index in [-0.39, 0.29) is 0 Å². The second kappa shape index (κ2) is 7.43. The van der Waals surface area contributed by atoms with Gasteiger partial charge in [-0.15, -0.1) is 0 Å². The lowest BCUT2D eigenvalue weighted by molar-refractivity contribution is -0.0813. The van der Waals surface area contributed by atoms with Crippen molar-refractivity contribution >= 4 is 0 Å². The molecule has 2 rings (SSSR count). The predicted molar refractivity (Wildman–Crippen MR) is 89.7 cm³/mol. The second-order valence-electron chi connectivity index (χ2n) is 8.17. The highest BCUT2D eigenvalue weighted by Crippen LogP contribution is 2.39. The van der Waals surface area contributed by atoms with Crippen molar-refractivity contribution in [1.82, 2.24) is 10.2 Å². The lowest BCUT2D eigenvalue weighted by Crippen LogP contribution is -2.53. The van der Waals surface area contributed by atoms with Gasteiger partial charge < -0.3 is 10.1 Å². The summed E-state index contributed by atoms with van der Waals surface area (Å²) in [5.41, 5.74) is 0.480. The standard InChI is InChI=1S/C18H36N2O/c1-14(2)19-12-18(8-6-15(3)7-9-18)13-20-10-16(4)21-17(5)11-20/h14-17,19H,6-13H2,1-5H3/t15?,16-,17+,18?. The minimum absolute atomic E-state index is 0.381. The van der Waals surface area contributed by atoms with Crippen molar-refractivity contribution in [2.24, 2.45) is 11.3 Å². The first-order chi connectivity index (χ1) is 9.88. The van der Waals surface area contributed by atoms with E-state index in [1.807, 2.05) is 0 Å². The Hall–Kier alpha value is -0.120. The van der Waals surface area contributed by atoms with Crippen LogP contribution in [0.3, 0.4) is 0 Å². The Morgan fingerprint density at radius 3 is 2.19 bits per heavy atom. The Morgan fingerprint density at radius 1 is 1.10 bits per heavy atom. The summed E-state index contributed by atoms with van der Waals surface area (Å²) >= 11 is 0. The highest BCUT2D eigenvalue weighted by molar-refractivity contribution is 4.91. The molecule has 3 heteroatoms. The molecule has 0 bridgehead atoms. The maximum absolute atomic E-state index is 5.90. The third kappa shape index (κ3) is 5.22. The van der Waals surface area contributed by atoms with Gasteiger partial charge in [-0.05, 0) is 38.0 Å². The molecule has 21 heavy (non-hydrogen) atoms. The highest BCUT2D eigenvalue weighted by atomic mass is 16.5. The van der Waals surface area contributed by atoms with E-state index in [2.05, 4.69) is 44.8 Å². The molecule has 2 atom stereocenters. The Labute approximate surface area is 131 Å².